The van der Waals surface area contributed by atoms with Gasteiger partial charge < -0.3 is 5.73 Å². The lowest BCUT2D eigenvalue weighted by molar-refractivity contribution is 0.895. The maximum atomic E-state index is 6.31. The molecule has 21 heavy (non-hydrogen) atoms. The highest BCUT2D eigenvalue weighted by Gasteiger charge is 2.19. The van der Waals surface area contributed by atoms with Crippen molar-refractivity contribution >= 4 is 49.0 Å². The summed E-state index contributed by atoms with van der Waals surface area (Å²) in [5, 5.41) is 4.74. The predicted molar refractivity (Wildman–Crippen MR) is 96.1 cm³/mol. The molecule has 0 aliphatic heterocycles. The molecule has 0 saturated heterocycles. The first-order valence-electron chi connectivity index (χ1n) is 6.49. The number of rotatable bonds is 3. The molecule has 2 aromatic heterocycles. The van der Waals surface area contributed by atoms with Crippen molar-refractivity contribution in [2.45, 2.75) is 13.3 Å². The van der Waals surface area contributed by atoms with E-state index in [9.17, 15) is 0 Å². The first-order valence-corrected chi connectivity index (χ1v) is 8.90. The van der Waals surface area contributed by atoms with E-state index in [2.05, 4.69) is 44.8 Å². The van der Waals surface area contributed by atoms with Crippen LogP contribution in [0.2, 0.25) is 0 Å². The molecule has 0 fully saturated rings. The summed E-state index contributed by atoms with van der Waals surface area (Å²) in [5.74, 6) is 0.708. The van der Waals surface area contributed by atoms with Crippen LogP contribution in [-0.2, 0) is 6.42 Å². The van der Waals surface area contributed by atoms with Gasteiger partial charge in [0.25, 0.3) is 0 Å². The van der Waals surface area contributed by atoms with Gasteiger partial charge in [-0.05, 0) is 56.5 Å². The van der Waals surface area contributed by atoms with Crippen molar-refractivity contribution in [3.63, 3.8) is 0 Å². The molecule has 0 atom stereocenters. The van der Waals surface area contributed by atoms with E-state index in [0.717, 1.165) is 36.5 Å². The number of para-hydroxylation sites is 1. The zero-order chi connectivity index (χ0) is 15.0. The second-order valence-electron chi connectivity index (χ2n) is 4.55. The van der Waals surface area contributed by atoms with Crippen molar-refractivity contribution in [1.29, 1.82) is 0 Å². The summed E-state index contributed by atoms with van der Waals surface area (Å²) in [7, 11) is 0. The summed E-state index contributed by atoms with van der Waals surface area (Å²) in [6.07, 6.45) is 0.848. The molecule has 1 aromatic carbocycles. The average Bonchev–Trinajstić information content (AvgIpc) is 3.00. The molecule has 3 nitrogen and oxygen atoms in total. The standard InChI is InChI=1S/C15H13Br2N3S/c1-2-10-13(12-8-11(16)14(17)21-12)19-20(15(10)18)9-6-4-3-5-7-9/h3-8H,2,18H2,1H3. The number of nitrogens with zero attached hydrogens (tertiary/aromatic N) is 2. The van der Waals surface area contributed by atoms with Gasteiger partial charge >= 0.3 is 0 Å². The molecule has 0 saturated carbocycles. The third-order valence-corrected chi connectivity index (χ3v) is 6.52. The summed E-state index contributed by atoms with van der Waals surface area (Å²) in [6, 6.07) is 12.0. The molecule has 0 aliphatic rings. The molecule has 6 heteroatoms. The number of hydrogen-bond donors (Lipinski definition) is 1. The van der Waals surface area contributed by atoms with E-state index in [1.165, 1.54) is 0 Å². The third kappa shape index (κ3) is 2.67. The minimum absolute atomic E-state index is 0.708. The Morgan fingerprint density at radius 1 is 1.24 bits per heavy atom. The largest absolute Gasteiger partial charge is 0.383 e. The molecular weight excluding hydrogens is 414 g/mol. The first-order chi connectivity index (χ1) is 10.1. The number of nitrogen functional groups attached to an aromatic ring is 1. The van der Waals surface area contributed by atoms with Gasteiger partial charge in [0, 0.05) is 10.0 Å². The van der Waals surface area contributed by atoms with Gasteiger partial charge in [-0.3, -0.25) is 0 Å². The van der Waals surface area contributed by atoms with E-state index in [4.69, 9.17) is 10.8 Å². The van der Waals surface area contributed by atoms with Gasteiger partial charge in [-0.25, -0.2) is 4.68 Å². The first kappa shape index (κ1) is 14.8. The number of aromatic nitrogens is 2. The van der Waals surface area contributed by atoms with E-state index >= 15 is 0 Å². The van der Waals surface area contributed by atoms with Crippen LogP contribution in [-0.4, -0.2) is 9.78 Å². The fourth-order valence-electron chi connectivity index (χ4n) is 2.24. The molecule has 2 heterocycles. The lowest BCUT2D eigenvalue weighted by Gasteiger charge is -2.03. The van der Waals surface area contributed by atoms with Crippen molar-refractivity contribution in [2.75, 3.05) is 5.73 Å². The van der Waals surface area contributed by atoms with Crippen molar-refractivity contribution in [3.8, 4) is 16.3 Å². The Balaban J connectivity index is 2.18. The maximum Gasteiger partial charge on any atom is 0.131 e. The van der Waals surface area contributed by atoms with Crippen LogP contribution in [0.15, 0.2) is 44.7 Å². The fraction of sp³-hybridized carbons (Fsp3) is 0.133. The van der Waals surface area contributed by atoms with Crippen LogP contribution in [0.5, 0.6) is 0 Å². The Morgan fingerprint density at radius 2 is 1.95 bits per heavy atom. The minimum atomic E-state index is 0.708. The zero-order valence-corrected chi connectivity index (χ0v) is 15.3. The molecule has 0 bridgehead atoms. The average molecular weight is 427 g/mol. The Kier molecular flexibility index (Phi) is 4.19. The molecule has 3 aromatic rings. The summed E-state index contributed by atoms with van der Waals surface area (Å²) in [6.45, 7) is 2.10. The maximum absolute atomic E-state index is 6.31. The smallest absolute Gasteiger partial charge is 0.131 e. The van der Waals surface area contributed by atoms with Crippen molar-refractivity contribution in [1.82, 2.24) is 9.78 Å². The molecule has 0 radical (unpaired) electrons. The van der Waals surface area contributed by atoms with E-state index in [-0.39, 0.29) is 0 Å². The van der Waals surface area contributed by atoms with E-state index in [0.29, 0.717) is 5.82 Å². The van der Waals surface area contributed by atoms with Crippen LogP contribution in [0.1, 0.15) is 12.5 Å². The molecule has 108 valence electrons. The topological polar surface area (TPSA) is 43.8 Å². The van der Waals surface area contributed by atoms with Gasteiger partial charge in [-0.2, -0.15) is 5.10 Å². The van der Waals surface area contributed by atoms with E-state index in [1.54, 1.807) is 11.3 Å². The number of hydrogen-bond acceptors (Lipinski definition) is 3. The predicted octanol–water partition coefficient (Wildman–Crippen LogP) is 5.27. The fourth-order valence-corrected chi connectivity index (χ4v) is 4.29. The van der Waals surface area contributed by atoms with Crippen LogP contribution < -0.4 is 5.73 Å². The highest BCUT2D eigenvalue weighted by atomic mass is 79.9. The second-order valence-corrected chi connectivity index (χ2v) is 7.77. The van der Waals surface area contributed by atoms with Crippen molar-refractivity contribution < 1.29 is 0 Å². The highest BCUT2D eigenvalue weighted by molar-refractivity contribution is 9.13. The van der Waals surface area contributed by atoms with Crippen LogP contribution in [0, 0.1) is 0 Å². The van der Waals surface area contributed by atoms with Crippen LogP contribution in [0.25, 0.3) is 16.3 Å². The summed E-state index contributed by atoms with van der Waals surface area (Å²) in [5.41, 5.74) is 9.33. The number of benzene rings is 1. The van der Waals surface area contributed by atoms with Gasteiger partial charge in [0.05, 0.1) is 14.4 Å². The number of nitrogens with two attached hydrogens (primary N) is 1. The van der Waals surface area contributed by atoms with Gasteiger partial charge in [0.1, 0.15) is 11.5 Å². The van der Waals surface area contributed by atoms with Crippen LogP contribution >= 0.6 is 43.2 Å². The second kappa shape index (κ2) is 5.94. The van der Waals surface area contributed by atoms with Crippen LogP contribution in [0.3, 0.4) is 0 Å². The van der Waals surface area contributed by atoms with E-state index < -0.39 is 0 Å². The lowest BCUT2D eigenvalue weighted by Crippen LogP contribution is -2.02. The Bertz CT molecular complexity index is 758. The van der Waals surface area contributed by atoms with Gasteiger partial charge in [-0.1, -0.05) is 25.1 Å². The van der Waals surface area contributed by atoms with Gasteiger partial charge in [0.15, 0.2) is 0 Å². The highest BCUT2D eigenvalue weighted by Crippen LogP contribution is 2.40. The van der Waals surface area contributed by atoms with Crippen molar-refractivity contribution in [2.24, 2.45) is 0 Å². The van der Waals surface area contributed by atoms with E-state index in [1.807, 2.05) is 35.0 Å². The van der Waals surface area contributed by atoms with Gasteiger partial charge in [-0.15, -0.1) is 11.3 Å². The quantitative estimate of drug-likeness (QED) is 0.619. The summed E-state index contributed by atoms with van der Waals surface area (Å²) < 4.78 is 3.92. The molecule has 0 spiro atoms. The number of halogens is 2. The third-order valence-electron chi connectivity index (χ3n) is 3.26. The zero-order valence-electron chi connectivity index (χ0n) is 11.3. The van der Waals surface area contributed by atoms with Gasteiger partial charge in [0.2, 0.25) is 0 Å². The SMILES string of the molecule is CCc1c(-c2cc(Br)c(Br)s2)nn(-c2ccccc2)c1N. The Labute approximate surface area is 144 Å². The number of anilines is 1. The molecule has 3 rings (SSSR count). The lowest BCUT2D eigenvalue weighted by atomic mass is 10.1. The Hall–Kier alpha value is -1.11. The minimum Gasteiger partial charge on any atom is -0.383 e. The molecule has 0 aliphatic carbocycles. The monoisotopic (exact) mass is 425 g/mol. The molecular formula is C15H13Br2N3S. The summed E-state index contributed by atoms with van der Waals surface area (Å²) >= 11 is 8.72. The van der Waals surface area contributed by atoms with Crippen LogP contribution in [0.4, 0.5) is 5.82 Å². The molecule has 2 N–H and O–H groups in total. The summed E-state index contributed by atoms with van der Waals surface area (Å²) in [4.78, 5) is 1.10. The Morgan fingerprint density at radius 3 is 2.52 bits per heavy atom. The van der Waals surface area contributed by atoms with Crippen molar-refractivity contribution in [3.05, 3.63) is 50.2 Å². The molecule has 0 amide bonds. The molecule has 0 unspecified atom stereocenters. The normalized spacial score (nSPS) is 11.0. The number of thiophene rings is 1.